The molecule has 2 aromatic carbocycles. The maximum absolute atomic E-state index is 12.5. The van der Waals surface area contributed by atoms with Crippen LogP contribution in [0.5, 0.6) is 0 Å². The molecule has 3 rings (SSSR count). The van der Waals surface area contributed by atoms with Gasteiger partial charge in [0.05, 0.1) is 15.6 Å². The Balaban J connectivity index is 0.00000261. The number of carbonyl (C=O) groups excluding carboxylic acids is 1. The van der Waals surface area contributed by atoms with Crippen molar-refractivity contribution in [2.75, 3.05) is 24.4 Å². The van der Waals surface area contributed by atoms with Gasteiger partial charge in [0.2, 0.25) is 0 Å². The number of hydrogen-bond acceptors (Lipinski definition) is 4. The third kappa shape index (κ3) is 4.93. The summed E-state index contributed by atoms with van der Waals surface area (Å²) < 4.78 is 27.4. The Bertz CT molecular complexity index is 904. The number of benzene rings is 2. The number of rotatable bonds is 5. The van der Waals surface area contributed by atoms with Crippen LogP contribution in [0.1, 0.15) is 16.8 Å². The van der Waals surface area contributed by atoms with Crippen LogP contribution in [0.4, 0.5) is 5.69 Å². The van der Waals surface area contributed by atoms with E-state index < -0.39 is 10.0 Å². The van der Waals surface area contributed by atoms with Crippen molar-refractivity contribution in [3.63, 3.8) is 0 Å². The Hall–Kier alpha value is -1.80. The third-order valence-electron chi connectivity index (χ3n) is 4.44. The number of sulfonamides is 1. The lowest BCUT2D eigenvalue weighted by molar-refractivity contribution is 0.0787. The van der Waals surface area contributed by atoms with E-state index in [1.807, 2.05) is 0 Å². The molecule has 0 aliphatic carbocycles. The predicted molar refractivity (Wildman–Crippen MR) is 109 cm³/mol. The average Bonchev–Trinajstić information content (AvgIpc) is 3.12. The lowest BCUT2D eigenvalue weighted by atomic mass is 10.1. The van der Waals surface area contributed by atoms with Crippen LogP contribution >= 0.6 is 24.0 Å². The number of likely N-dealkylation sites (tertiary alicyclic amines) is 1. The van der Waals surface area contributed by atoms with Crippen molar-refractivity contribution in [2.45, 2.75) is 11.3 Å². The van der Waals surface area contributed by atoms with Gasteiger partial charge in [0.15, 0.2) is 0 Å². The second kappa shape index (κ2) is 8.93. The minimum atomic E-state index is -3.79. The lowest BCUT2D eigenvalue weighted by Crippen LogP contribution is -2.29. The number of hydrogen-bond donors (Lipinski definition) is 2. The first-order valence-electron chi connectivity index (χ1n) is 8.27. The van der Waals surface area contributed by atoms with E-state index in [1.165, 1.54) is 24.3 Å². The highest BCUT2D eigenvalue weighted by molar-refractivity contribution is 7.92. The van der Waals surface area contributed by atoms with Crippen LogP contribution in [-0.2, 0) is 10.0 Å². The number of carbonyl (C=O) groups is 1. The predicted octanol–water partition coefficient (Wildman–Crippen LogP) is 2.98. The van der Waals surface area contributed by atoms with Gasteiger partial charge in [0, 0.05) is 18.7 Å². The van der Waals surface area contributed by atoms with Gasteiger partial charge in [0.25, 0.3) is 15.9 Å². The van der Waals surface area contributed by atoms with E-state index in [0.717, 1.165) is 6.42 Å². The molecule has 1 unspecified atom stereocenters. The largest absolute Gasteiger partial charge is 0.338 e. The summed E-state index contributed by atoms with van der Waals surface area (Å²) in [5.41, 5.74) is 6.42. The molecule has 1 aliphatic heterocycles. The number of nitrogens with zero attached hydrogens (tertiary/aromatic N) is 1. The molecule has 6 nitrogen and oxygen atoms in total. The molecule has 3 N–H and O–H groups in total. The minimum Gasteiger partial charge on any atom is -0.338 e. The van der Waals surface area contributed by atoms with Crippen molar-refractivity contribution in [1.82, 2.24) is 4.90 Å². The summed E-state index contributed by atoms with van der Waals surface area (Å²) in [5, 5.41) is 0.311. The quantitative estimate of drug-likeness (QED) is 0.763. The number of nitrogens with one attached hydrogen (secondary N) is 1. The molecule has 1 atom stereocenters. The molecule has 27 heavy (non-hydrogen) atoms. The Kier molecular flexibility index (Phi) is 7.11. The van der Waals surface area contributed by atoms with Gasteiger partial charge in [-0.25, -0.2) is 8.42 Å². The summed E-state index contributed by atoms with van der Waals surface area (Å²) in [4.78, 5) is 14.3. The summed E-state index contributed by atoms with van der Waals surface area (Å²) in [5.74, 6) is 0.224. The second-order valence-electron chi connectivity index (χ2n) is 6.25. The number of anilines is 1. The van der Waals surface area contributed by atoms with Crippen molar-refractivity contribution in [3.8, 4) is 0 Å². The Labute approximate surface area is 170 Å². The summed E-state index contributed by atoms with van der Waals surface area (Å²) in [6, 6.07) is 12.5. The Morgan fingerprint density at radius 2 is 1.85 bits per heavy atom. The zero-order valence-electron chi connectivity index (χ0n) is 14.5. The first-order chi connectivity index (χ1) is 12.4. The minimum absolute atomic E-state index is 0. The first-order valence-corrected chi connectivity index (χ1v) is 10.1. The van der Waals surface area contributed by atoms with Gasteiger partial charge in [-0.3, -0.25) is 9.52 Å². The van der Waals surface area contributed by atoms with Gasteiger partial charge < -0.3 is 10.6 Å². The summed E-state index contributed by atoms with van der Waals surface area (Å²) in [6.07, 6.45) is 0.899. The molecule has 0 aromatic heterocycles. The lowest BCUT2D eigenvalue weighted by Gasteiger charge is -2.16. The maximum atomic E-state index is 12.5. The number of halogens is 2. The number of para-hydroxylation sites is 1. The molecule has 1 amide bonds. The SMILES string of the molecule is Cl.NCC1CCN(C(=O)c2ccc(S(=O)(=O)Nc3ccccc3Cl)cc2)C1. The van der Waals surface area contributed by atoms with Crippen molar-refractivity contribution in [3.05, 3.63) is 59.1 Å². The molecule has 0 saturated carbocycles. The molecule has 1 aliphatic rings. The monoisotopic (exact) mass is 429 g/mol. The van der Waals surface area contributed by atoms with E-state index in [4.69, 9.17) is 17.3 Å². The van der Waals surface area contributed by atoms with Gasteiger partial charge >= 0.3 is 0 Å². The fourth-order valence-corrected chi connectivity index (χ4v) is 4.24. The maximum Gasteiger partial charge on any atom is 0.261 e. The topological polar surface area (TPSA) is 92.5 Å². The molecule has 0 spiro atoms. The van der Waals surface area contributed by atoms with Gasteiger partial charge in [-0.15, -0.1) is 12.4 Å². The van der Waals surface area contributed by atoms with E-state index in [9.17, 15) is 13.2 Å². The highest BCUT2D eigenvalue weighted by Gasteiger charge is 2.26. The highest BCUT2D eigenvalue weighted by atomic mass is 35.5. The fraction of sp³-hybridized carbons (Fsp3) is 0.278. The van der Waals surface area contributed by atoms with Crippen LogP contribution in [0.25, 0.3) is 0 Å². The van der Waals surface area contributed by atoms with Crippen molar-refractivity contribution in [1.29, 1.82) is 0 Å². The van der Waals surface area contributed by atoms with E-state index in [-0.39, 0.29) is 23.2 Å². The molecule has 1 heterocycles. The number of nitrogens with two attached hydrogens (primary N) is 1. The van der Waals surface area contributed by atoms with Crippen molar-refractivity contribution in [2.24, 2.45) is 11.7 Å². The van der Waals surface area contributed by atoms with Crippen LogP contribution in [0.3, 0.4) is 0 Å². The van der Waals surface area contributed by atoms with E-state index in [0.29, 0.717) is 41.8 Å². The highest BCUT2D eigenvalue weighted by Crippen LogP contribution is 2.24. The van der Waals surface area contributed by atoms with E-state index in [2.05, 4.69) is 4.72 Å². The zero-order valence-corrected chi connectivity index (χ0v) is 16.9. The fourth-order valence-electron chi connectivity index (χ4n) is 2.92. The van der Waals surface area contributed by atoms with Crippen LogP contribution in [-0.4, -0.2) is 38.9 Å². The van der Waals surface area contributed by atoms with Crippen LogP contribution in [0, 0.1) is 5.92 Å². The average molecular weight is 430 g/mol. The standard InChI is InChI=1S/C18H20ClN3O3S.ClH/c19-16-3-1-2-4-17(16)21-26(24,25)15-7-5-14(6-8-15)18(23)22-10-9-13(11-20)12-22;/h1-8,13,21H,9-12,20H2;1H. The van der Waals surface area contributed by atoms with Crippen LogP contribution in [0.2, 0.25) is 5.02 Å². The Morgan fingerprint density at radius 3 is 2.44 bits per heavy atom. The molecule has 1 fully saturated rings. The van der Waals surface area contributed by atoms with Crippen LogP contribution < -0.4 is 10.5 Å². The summed E-state index contributed by atoms with van der Waals surface area (Å²) >= 11 is 5.99. The second-order valence-corrected chi connectivity index (χ2v) is 8.34. The third-order valence-corrected chi connectivity index (χ3v) is 6.15. The van der Waals surface area contributed by atoms with E-state index >= 15 is 0 Å². The zero-order chi connectivity index (χ0) is 18.7. The van der Waals surface area contributed by atoms with Gasteiger partial charge in [-0.1, -0.05) is 23.7 Å². The molecule has 0 radical (unpaired) electrons. The molecule has 146 valence electrons. The molecule has 1 saturated heterocycles. The van der Waals surface area contributed by atoms with Crippen LogP contribution in [0.15, 0.2) is 53.4 Å². The van der Waals surface area contributed by atoms with Gasteiger partial charge in [0.1, 0.15) is 0 Å². The molecule has 0 bridgehead atoms. The first kappa shape index (κ1) is 21.5. The van der Waals surface area contributed by atoms with Crippen molar-refractivity contribution < 1.29 is 13.2 Å². The number of amides is 1. The summed E-state index contributed by atoms with van der Waals surface area (Å²) in [6.45, 7) is 1.88. The van der Waals surface area contributed by atoms with Crippen molar-refractivity contribution >= 4 is 45.6 Å². The molecule has 2 aromatic rings. The Morgan fingerprint density at radius 1 is 1.19 bits per heavy atom. The van der Waals surface area contributed by atoms with Gasteiger partial charge in [-0.2, -0.15) is 0 Å². The van der Waals surface area contributed by atoms with Gasteiger partial charge in [-0.05, 0) is 55.3 Å². The van der Waals surface area contributed by atoms with E-state index in [1.54, 1.807) is 29.2 Å². The molecule has 9 heteroatoms. The smallest absolute Gasteiger partial charge is 0.261 e. The normalized spacial score (nSPS) is 16.7. The molecular weight excluding hydrogens is 409 g/mol. The molecular formula is C18H21Cl2N3O3S. The summed E-state index contributed by atoms with van der Waals surface area (Å²) in [7, 11) is -3.79.